The summed E-state index contributed by atoms with van der Waals surface area (Å²) < 4.78 is 0. The number of aromatic amines is 1. The number of nitrogens with one attached hydrogen (secondary N) is 2. The van der Waals surface area contributed by atoms with Crippen molar-refractivity contribution in [2.24, 2.45) is 11.8 Å². The van der Waals surface area contributed by atoms with Crippen LogP contribution in [-0.2, 0) is 6.54 Å². The van der Waals surface area contributed by atoms with Gasteiger partial charge in [-0.2, -0.15) is 0 Å². The van der Waals surface area contributed by atoms with Crippen molar-refractivity contribution < 1.29 is 0 Å². The second kappa shape index (κ2) is 5.79. The van der Waals surface area contributed by atoms with Gasteiger partial charge in [0.15, 0.2) is 0 Å². The van der Waals surface area contributed by atoms with Crippen molar-refractivity contribution in [1.29, 1.82) is 0 Å². The zero-order chi connectivity index (χ0) is 13.1. The maximum atomic E-state index is 3.63. The molecule has 1 aliphatic rings. The van der Waals surface area contributed by atoms with E-state index in [4.69, 9.17) is 0 Å². The van der Waals surface area contributed by atoms with Crippen molar-refractivity contribution in [1.82, 2.24) is 10.3 Å². The van der Waals surface area contributed by atoms with Crippen LogP contribution in [0.25, 0.3) is 10.9 Å². The second-order valence-electron chi connectivity index (χ2n) is 6.16. The summed E-state index contributed by atoms with van der Waals surface area (Å²) in [7, 11) is 0. The molecule has 1 aliphatic carbocycles. The van der Waals surface area contributed by atoms with E-state index < -0.39 is 0 Å². The van der Waals surface area contributed by atoms with Crippen molar-refractivity contribution in [2.45, 2.75) is 39.2 Å². The van der Waals surface area contributed by atoms with Gasteiger partial charge in [0.25, 0.3) is 0 Å². The highest BCUT2D eigenvalue weighted by atomic mass is 14.9. The molecule has 0 atom stereocenters. The predicted molar refractivity (Wildman–Crippen MR) is 81.1 cm³/mol. The van der Waals surface area contributed by atoms with Gasteiger partial charge in [-0.15, -0.1) is 0 Å². The van der Waals surface area contributed by atoms with Crippen molar-refractivity contribution >= 4 is 10.9 Å². The first-order valence-electron chi connectivity index (χ1n) is 7.58. The van der Waals surface area contributed by atoms with Gasteiger partial charge in [0.2, 0.25) is 0 Å². The van der Waals surface area contributed by atoms with Gasteiger partial charge < -0.3 is 10.3 Å². The lowest BCUT2D eigenvalue weighted by molar-refractivity contribution is 0.281. The van der Waals surface area contributed by atoms with Crippen LogP contribution in [0.15, 0.2) is 30.5 Å². The molecular weight excluding hydrogens is 232 g/mol. The molecule has 2 nitrogen and oxygen atoms in total. The van der Waals surface area contributed by atoms with Crippen LogP contribution < -0.4 is 5.32 Å². The number of rotatable bonds is 4. The van der Waals surface area contributed by atoms with Gasteiger partial charge in [-0.1, -0.05) is 25.8 Å². The minimum absolute atomic E-state index is 0.896. The summed E-state index contributed by atoms with van der Waals surface area (Å²) in [5, 5.41) is 4.94. The molecule has 102 valence electrons. The number of fused-ring (bicyclic) bond motifs is 1. The molecule has 1 aromatic heterocycles. The van der Waals surface area contributed by atoms with Gasteiger partial charge in [0, 0.05) is 18.3 Å². The Hall–Kier alpha value is -1.28. The highest BCUT2D eigenvalue weighted by molar-refractivity contribution is 5.79. The van der Waals surface area contributed by atoms with E-state index in [2.05, 4.69) is 41.5 Å². The Kier molecular flexibility index (Phi) is 3.88. The summed E-state index contributed by atoms with van der Waals surface area (Å²) in [6.07, 6.45) is 7.66. The monoisotopic (exact) mass is 256 g/mol. The topological polar surface area (TPSA) is 27.8 Å². The van der Waals surface area contributed by atoms with Gasteiger partial charge >= 0.3 is 0 Å². The quantitative estimate of drug-likeness (QED) is 0.847. The Labute approximate surface area is 115 Å². The summed E-state index contributed by atoms with van der Waals surface area (Å²) in [4.78, 5) is 3.24. The van der Waals surface area contributed by atoms with Crippen LogP contribution >= 0.6 is 0 Å². The molecule has 0 amide bonds. The van der Waals surface area contributed by atoms with E-state index in [1.807, 2.05) is 6.20 Å². The van der Waals surface area contributed by atoms with Gasteiger partial charge in [0.1, 0.15) is 0 Å². The van der Waals surface area contributed by atoms with Crippen molar-refractivity contribution in [3.05, 3.63) is 36.0 Å². The molecule has 2 heteroatoms. The Bertz CT molecular complexity index is 521. The Morgan fingerprint density at radius 1 is 1.16 bits per heavy atom. The molecule has 0 saturated heterocycles. The molecule has 1 heterocycles. The summed E-state index contributed by atoms with van der Waals surface area (Å²) >= 11 is 0. The van der Waals surface area contributed by atoms with Crippen molar-refractivity contribution in [2.75, 3.05) is 6.54 Å². The minimum Gasteiger partial charge on any atom is -0.361 e. The highest BCUT2D eigenvalue weighted by Crippen LogP contribution is 2.27. The van der Waals surface area contributed by atoms with E-state index in [9.17, 15) is 0 Å². The molecule has 1 aromatic carbocycles. The lowest BCUT2D eigenvalue weighted by Crippen LogP contribution is -2.25. The van der Waals surface area contributed by atoms with Gasteiger partial charge in [-0.3, -0.25) is 0 Å². The third-order valence-electron chi connectivity index (χ3n) is 4.52. The fraction of sp³-hybridized carbons (Fsp3) is 0.529. The summed E-state index contributed by atoms with van der Waals surface area (Å²) in [5.41, 5.74) is 2.61. The number of hydrogen-bond acceptors (Lipinski definition) is 1. The standard InChI is InChI=1S/C17H24N2/c1-13-2-4-14(5-3-13)11-18-12-15-6-7-17-16(10-15)8-9-19-17/h6-10,13-14,18-19H,2-5,11-12H2,1H3. The minimum atomic E-state index is 0.896. The number of aromatic nitrogens is 1. The molecule has 2 N–H and O–H groups in total. The van der Waals surface area contributed by atoms with Gasteiger partial charge in [-0.05, 0) is 60.4 Å². The van der Waals surface area contributed by atoms with Crippen LogP contribution in [0.2, 0.25) is 0 Å². The maximum absolute atomic E-state index is 3.63. The lowest BCUT2D eigenvalue weighted by Gasteiger charge is -2.26. The summed E-state index contributed by atoms with van der Waals surface area (Å²) in [6.45, 7) is 4.56. The smallest absolute Gasteiger partial charge is 0.0454 e. The third kappa shape index (κ3) is 3.19. The number of H-pyrrole nitrogens is 1. The van der Waals surface area contributed by atoms with E-state index in [0.29, 0.717) is 0 Å². The summed E-state index contributed by atoms with van der Waals surface area (Å²) in [6, 6.07) is 8.81. The molecule has 3 rings (SSSR count). The molecular formula is C17H24N2. The molecule has 19 heavy (non-hydrogen) atoms. The van der Waals surface area contributed by atoms with Crippen LogP contribution in [0.1, 0.15) is 38.2 Å². The van der Waals surface area contributed by atoms with Crippen LogP contribution in [0.5, 0.6) is 0 Å². The lowest BCUT2D eigenvalue weighted by atomic mass is 9.83. The maximum Gasteiger partial charge on any atom is 0.0454 e. The molecule has 0 bridgehead atoms. The fourth-order valence-corrected chi connectivity index (χ4v) is 3.17. The van der Waals surface area contributed by atoms with Crippen LogP contribution in [0.4, 0.5) is 0 Å². The average molecular weight is 256 g/mol. The van der Waals surface area contributed by atoms with Crippen molar-refractivity contribution in [3.8, 4) is 0 Å². The fourth-order valence-electron chi connectivity index (χ4n) is 3.17. The van der Waals surface area contributed by atoms with Gasteiger partial charge in [0.05, 0.1) is 0 Å². The third-order valence-corrected chi connectivity index (χ3v) is 4.52. The Morgan fingerprint density at radius 2 is 2.00 bits per heavy atom. The molecule has 0 unspecified atom stereocenters. The van der Waals surface area contributed by atoms with E-state index >= 15 is 0 Å². The Balaban J connectivity index is 1.49. The molecule has 1 fully saturated rings. The normalized spacial score (nSPS) is 23.8. The van der Waals surface area contributed by atoms with Crippen molar-refractivity contribution in [3.63, 3.8) is 0 Å². The van der Waals surface area contributed by atoms with Gasteiger partial charge in [-0.25, -0.2) is 0 Å². The molecule has 0 radical (unpaired) electrons. The second-order valence-corrected chi connectivity index (χ2v) is 6.16. The van der Waals surface area contributed by atoms with E-state index in [1.165, 1.54) is 48.7 Å². The average Bonchev–Trinajstić information content (AvgIpc) is 2.88. The number of hydrogen-bond donors (Lipinski definition) is 2. The predicted octanol–water partition coefficient (Wildman–Crippen LogP) is 4.08. The highest BCUT2D eigenvalue weighted by Gasteiger charge is 2.17. The first-order valence-corrected chi connectivity index (χ1v) is 7.58. The molecule has 0 aliphatic heterocycles. The zero-order valence-corrected chi connectivity index (χ0v) is 11.8. The van der Waals surface area contributed by atoms with Crippen LogP contribution in [0, 0.1) is 11.8 Å². The molecule has 2 aromatic rings. The summed E-state index contributed by atoms with van der Waals surface area (Å²) in [5.74, 6) is 1.85. The van der Waals surface area contributed by atoms with E-state index in [1.54, 1.807) is 0 Å². The molecule has 0 spiro atoms. The van der Waals surface area contributed by atoms with Crippen LogP contribution in [0.3, 0.4) is 0 Å². The van der Waals surface area contributed by atoms with Crippen LogP contribution in [-0.4, -0.2) is 11.5 Å². The Morgan fingerprint density at radius 3 is 2.84 bits per heavy atom. The molecule has 1 saturated carbocycles. The van der Waals surface area contributed by atoms with E-state index in [0.717, 1.165) is 18.4 Å². The first kappa shape index (κ1) is 12.7. The number of benzene rings is 1. The largest absolute Gasteiger partial charge is 0.361 e. The zero-order valence-electron chi connectivity index (χ0n) is 11.8. The first-order chi connectivity index (χ1) is 9.31. The SMILES string of the molecule is CC1CCC(CNCc2ccc3[nH]ccc3c2)CC1. The van der Waals surface area contributed by atoms with E-state index in [-0.39, 0.29) is 0 Å².